The Bertz CT molecular complexity index is 231. The van der Waals surface area contributed by atoms with Crippen molar-refractivity contribution in [3.05, 3.63) is 35.9 Å². The molecule has 0 spiro atoms. The minimum Gasteiger partial charge on any atom is -0.396 e. The van der Waals surface area contributed by atoms with Crippen LogP contribution in [0.5, 0.6) is 0 Å². The number of hydrogen-bond donors (Lipinski definition) is 2. The van der Waals surface area contributed by atoms with E-state index in [0.29, 0.717) is 6.54 Å². The van der Waals surface area contributed by atoms with Crippen molar-refractivity contribution in [2.45, 2.75) is 19.3 Å². The maximum atomic E-state index is 8.94. The number of aliphatic hydroxyl groups excluding tert-OH is 1. The molecule has 0 aliphatic heterocycles. The zero-order valence-corrected chi connectivity index (χ0v) is 8.52. The van der Waals surface area contributed by atoms with Crippen LogP contribution in [0.15, 0.2) is 30.3 Å². The molecule has 78 valence electrons. The van der Waals surface area contributed by atoms with E-state index in [1.807, 2.05) is 6.07 Å². The van der Waals surface area contributed by atoms with Crippen molar-refractivity contribution in [3.63, 3.8) is 0 Å². The summed E-state index contributed by atoms with van der Waals surface area (Å²) in [6.07, 6.45) is 3.20. The van der Waals surface area contributed by atoms with E-state index in [1.54, 1.807) is 0 Å². The van der Waals surface area contributed by atoms with Gasteiger partial charge in [0.05, 0.1) is 0 Å². The van der Waals surface area contributed by atoms with Crippen LogP contribution < -0.4 is 5.73 Å². The molecule has 0 aromatic heterocycles. The lowest BCUT2D eigenvalue weighted by Crippen LogP contribution is -2.18. The normalized spacial score (nSPS) is 12.7. The molecule has 0 bridgehead atoms. The van der Waals surface area contributed by atoms with Crippen LogP contribution in [-0.2, 0) is 6.42 Å². The second kappa shape index (κ2) is 6.57. The summed E-state index contributed by atoms with van der Waals surface area (Å²) in [6.45, 7) is 0.802. The molecule has 14 heavy (non-hydrogen) atoms. The number of rotatable bonds is 6. The molecule has 0 fully saturated rings. The largest absolute Gasteiger partial charge is 0.396 e. The molecule has 0 saturated carbocycles. The topological polar surface area (TPSA) is 46.2 Å². The second-order valence-corrected chi connectivity index (χ2v) is 3.66. The predicted molar refractivity (Wildman–Crippen MR) is 59.0 cm³/mol. The highest BCUT2D eigenvalue weighted by Gasteiger charge is 2.03. The third kappa shape index (κ3) is 3.90. The van der Waals surface area contributed by atoms with Crippen molar-refractivity contribution in [1.82, 2.24) is 0 Å². The van der Waals surface area contributed by atoms with Crippen molar-refractivity contribution in [2.75, 3.05) is 13.2 Å². The highest BCUT2D eigenvalue weighted by atomic mass is 16.3. The first kappa shape index (κ1) is 11.2. The molecule has 1 aromatic carbocycles. The summed E-state index contributed by atoms with van der Waals surface area (Å²) in [5.41, 5.74) is 6.86. The molecule has 0 radical (unpaired) electrons. The average molecular weight is 193 g/mol. The number of aliphatic hydroxyl groups is 1. The molecule has 2 nitrogen and oxygen atoms in total. The van der Waals surface area contributed by atoms with Crippen LogP contribution in [0.1, 0.15) is 18.4 Å². The van der Waals surface area contributed by atoms with Crippen molar-refractivity contribution in [2.24, 2.45) is 11.7 Å². The number of benzene rings is 1. The third-order valence-corrected chi connectivity index (χ3v) is 2.51. The van der Waals surface area contributed by atoms with Crippen LogP contribution in [0, 0.1) is 5.92 Å². The Morgan fingerprint density at radius 1 is 1.21 bits per heavy atom. The van der Waals surface area contributed by atoms with Gasteiger partial charge in [0.1, 0.15) is 0 Å². The van der Waals surface area contributed by atoms with E-state index in [9.17, 15) is 0 Å². The van der Waals surface area contributed by atoms with Gasteiger partial charge in [-0.2, -0.15) is 0 Å². The van der Waals surface area contributed by atoms with E-state index in [-0.39, 0.29) is 12.5 Å². The Labute approximate surface area is 85.8 Å². The Morgan fingerprint density at radius 3 is 2.50 bits per heavy atom. The van der Waals surface area contributed by atoms with E-state index in [1.165, 1.54) is 5.56 Å². The molecule has 3 N–H and O–H groups in total. The summed E-state index contributed by atoms with van der Waals surface area (Å²) >= 11 is 0. The molecular weight excluding hydrogens is 174 g/mol. The van der Waals surface area contributed by atoms with Gasteiger partial charge in [0.15, 0.2) is 0 Å². The summed E-state index contributed by atoms with van der Waals surface area (Å²) in [7, 11) is 0. The fraction of sp³-hybridized carbons (Fsp3) is 0.500. The van der Waals surface area contributed by atoms with Gasteiger partial charge in [0.2, 0.25) is 0 Å². The molecule has 1 atom stereocenters. The summed E-state index contributed by atoms with van der Waals surface area (Å²) < 4.78 is 0. The summed E-state index contributed by atoms with van der Waals surface area (Å²) in [4.78, 5) is 0. The fourth-order valence-corrected chi connectivity index (χ4v) is 1.52. The predicted octanol–water partition coefficient (Wildman–Crippen LogP) is 1.58. The molecule has 1 unspecified atom stereocenters. The molecule has 0 aliphatic carbocycles. The smallest absolute Gasteiger partial charge is 0.0471 e. The SMILES string of the molecule is NCC(CO)CCCc1ccccc1. The fourth-order valence-electron chi connectivity index (χ4n) is 1.52. The molecule has 1 rings (SSSR count). The van der Waals surface area contributed by atoms with Gasteiger partial charge in [-0.3, -0.25) is 0 Å². The van der Waals surface area contributed by atoms with Crippen molar-refractivity contribution < 1.29 is 5.11 Å². The summed E-state index contributed by atoms with van der Waals surface area (Å²) in [5, 5.41) is 8.94. The van der Waals surface area contributed by atoms with Gasteiger partial charge in [0.25, 0.3) is 0 Å². The van der Waals surface area contributed by atoms with Gasteiger partial charge >= 0.3 is 0 Å². The van der Waals surface area contributed by atoms with Crippen LogP contribution >= 0.6 is 0 Å². The standard InChI is InChI=1S/C12H19NO/c13-9-12(10-14)8-4-7-11-5-2-1-3-6-11/h1-3,5-6,12,14H,4,7-10,13H2. The van der Waals surface area contributed by atoms with E-state index in [0.717, 1.165) is 19.3 Å². The zero-order chi connectivity index (χ0) is 10.2. The maximum absolute atomic E-state index is 8.94. The third-order valence-electron chi connectivity index (χ3n) is 2.51. The van der Waals surface area contributed by atoms with Gasteiger partial charge in [-0.1, -0.05) is 30.3 Å². The van der Waals surface area contributed by atoms with Gasteiger partial charge in [0, 0.05) is 6.61 Å². The van der Waals surface area contributed by atoms with Crippen LogP contribution in [0.4, 0.5) is 0 Å². The van der Waals surface area contributed by atoms with Crippen LogP contribution in [-0.4, -0.2) is 18.3 Å². The highest BCUT2D eigenvalue weighted by Crippen LogP contribution is 2.09. The van der Waals surface area contributed by atoms with Crippen molar-refractivity contribution >= 4 is 0 Å². The van der Waals surface area contributed by atoms with Crippen LogP contribution in [0.3, 0.4) is 0 Å². The number of nitrogens with two attached hydrogens (primary N) is 1. The first-order chi connectivity index (χ1) is 6.86. The first-order valence-corrected chi connectivity index (χ1v) is 5.21. The molecule has 0 heterocycles. The zero-order valence-electron chi connectivity index (χ0n) is 8.52. The van der Waals surface area contributed by atoms with E-state index < -0.39 is 0 Å². The van der Waals surface area contributed by atoms with Crippen molar-refractivity contribution in [3.8, 4) is 0 Å². The van der Waals surface area contributed by atoms with Gasteiger partial charge in [-0.25, -0.2) is 0 Å². The summed E-state index contributed by atoms with van der Waals surface area (Å²) in [6, 6.07) is 10.4. The first-order valence-electron chi connectivity index (χ1n) is 5.21. The summed E-state index contributed by atoms with van der Waals surface area (Å²) in [5.74, 6) is 0.277. The van der Waals surface area contributed by atoms with Gasteiger partial charge in [-0.05, 0) is 37.3 Å². The molecule has 1 aromatic rings. The van der Waals surface area contributed by atoms with E-state index >= 15 is 0 Å². The van der Waals surface area contributed by atoms with Gasteiger partial charge in [-0.15, -0.1) is 0 Å². The Balaban J connectivity index is 2.21. The lowest BCUT2D eigenvalue weighted by Gasteiger charge is -2.10. The van der Waals surface area contributed by atoms with Crippen molar-refractivity contribution in [1.29, 1.82) is 0 Å². The quantitative estimate of drug-likeness (QED) is 0.720. The lowest BCUT2D eigenvalue weighted by atomic mass is 10.0. The lowest BCUT2D eigenvalue weighted by molar-refractivity contribution is 0.221. The second-order valence-electron chi connectivity index (χ2n) is 3.66. The number of aryl methyl sites for hydroxylation is 1. The molecule has 0 aliphatic rings. The highest BCUT2D eigenvalue weighted by molar-refractivity contribution is 5.14. The molecule has 2 heteroatoms. The Kier molecular flexibility index (Phi) is 5.27. The average Bonchev–Trinajstić information content (AvgIpc) is 2.26. The van der Waals surface area contributed by atoms with E-state index in [2.05, 4.69) is 24.3 Å². The van der Waals surface area contributed by atoms with Crippen LogP contribution in [0.25, 0.3) is 0 Å². The maximum Gasteiger partial charge on any atom is 0.0471 e. The van der Waals surface area contributed by atoms with E-state index in [4.69, 9.17) is 10.8 Å². The number of hydrogen-bond acceptors (Lipinski definition) is 2. The minimum atomic E-state index is 0.214. The van der Waals surface area contributed by atoms with Crippen LogP contribution in [0.2, 0.25) is 0 Å². The molecule has 0 amide bonds. The van der Waals surface area contributed by atoms with Gasteiger partial charge < -0.3 is 10.8 Å². The minimum absolute atomic E-state index is 0.214. The monoisotopic (exact) mass is 193 g/mol. The Hall–Kier alpha value is -0.860. The molecular formula is C12H19NO. The molecule has 0 saturated heterocycles. The Morgan fingerprint density at radius 2 is 1.93 bits per heavy atom.